The zero-order valence-electron chi connectivity index (χ0n) is 23.6. The van der Waals surface area contributed by atoms with Gasteiger partial charge in [-0.05, 0) is 49.8 Å². The van der Waals surface area contributed by atoms with Crippen LogP contribution in [0.2, 0.25) is 0 Å². The van der Waals surface area contributed by atoms with Crippen LogP contribution in [0.15, 0.2) is 118 Å². The molecule has 4 nitrogen and oxygen atoms in total. The quantitative estimate of drug-likeness (QED) is 0.196. The molecule has 0 N–H and O–H groups in total. The van der Waals surface area contributed by atoms with Gasteiger partial charge in [0.25, 0.3) is 0 Å². The SMILES string of the molecule is CC.CN(C)c1ccc2c(c1)oc1c3ncoc3c3ccccc3c21.c1cc2ccc3cccc4ccc(c1)c2c34. The number of nitrogens with zero attached hydrogens (tertiary/aromatic N) is 2. The topological polar surface area (TPSA) is 42.4 Å². The third-order valence-electron chi connectivity index (χ3n) is 7.81. The lowest BCUT2D eigenvalue weighted by atomic mass is 9.95. The van der Waals surface area contributed by atoms with Crippen molar-refractivity contribution in [3.05, 3.63) is 110 Å². The summed E-state index contributed by atoms with van der Waals surface area (Å²) in [5, 5.41) is 12.5. The van der Waals surface area contributed by atoms with E-state index < -0.39 is 0 Å². The van der Waals surface area contributed by atoms with Gasteiger partial charge in [0.05, 0.1) is 0 Å². The Hall–Kier alpha value is -5.09. The van der Waals surface area contributed by atoms with Crippen LogP contribution in [-0.4, -0.2) is 19.1 Å². The summed E-state index contributed by atoms with van der Waals surface area (Å²) in [6, 6.07) is 36.4. The van der Waals surface area contributed by atoms with Gasteiger partial charge in [-0.15, -0.1) is 0 Å². The number of oxazole rings is 1. The lowest BCUT2D eigenvalue weighted by Gasteiger charge is -2.11. The van der Waals surface area contributed by atoms with Crippen LogP contribution in [-0.2, 0) is 0 Å². The summed E-state index contributed by atoms with van der Waals surface area (Å²) in [4.78, 5) is 6.44. The third kappa shape index (κ3) is 3.86. The van der Waals surface area contributed by atoms with Crippen molar-refractivity contribution in [2.45, 2.75) is 13.8 Å². The van der Waals surface area contributed by atoms with Gasteiger partial charge in [-0.2, -0.15) is 0 Å². The van der Waals surface area contributed by atoms with Crippen LogP contribution in [0.3, 0.4) is 0 Å². The van der Waals surface area contributed by atoms with Crippen LogP contribution in [0.4, 0.5) is 5.69 Å². The van der Waals surface area contributed by atoms with Gasteiger partial charge in [0.15, 0.2) is 23.1 Å². The van der Waals surface area contributed by atoms with E-state index in [1.54, 1.807) is 0 Å². The van der Waals surface area contributed by atoms with Gasteiger partial charge in [0.1, 0.15) is 5.58 Å². The molecule has 200 valence electrons. The first-order valence-corrected chi connectivity index (χ1v) is 14.1. The van der Waals surface area contributed by atoms with Crippen molar-refractivity contribution in [3.8, 4) is 0 Å². The molecule has 41 heavy (non-hydrogen) atoms. The molecule has 0 bridgehead atoms. The highest BCUT2D eigenvalue weighted by Gasteiger charge is 2.18. The number of fused-ring (bicyclic) bond motifs is 8. The minimum absolute atomic E-state index is 0.778. The molecule has 9 rings (SSSR count). The number of anilines is 1. The zero-order chi connectivity index (χ0) is 28.1. The molecule has 2 heterocycles. The van der Waals surface area contributed by atoms with Crippen molar-refractivity contribution in [2.24, 2.45) is 0 Å². The van der Waals surface area contributed by atoms with E-state index in [0.29, 0.717) is 0 Å². The number of benzene rings is 7. The molecule has 0 spiro atoms. The monoisotopic (exact) mass is 534 g/mol. The van der Waals surface area contributed by atoms with Crippen molar-refractivity contribution < 1.29 is 8.83 Å². The maximum absolute atomic E-state index is 6.17. The largest absolute Gasteiger partial charge is 0.454 e. The van der Waals surface area contributed by atoms with E-state index in [-0.39, 0.29) is 0 Å². The molecular weight excluding hydrogens is 504 g/mol. The number of hydrogen-bond donors (Lipinski definition) is 0. The summed E-state index contributed by atoms with van der Waals surface area (Å²) >= 11 is 0. The number of hydrogen-bond acceptors (Lipinski definition) is 4. The van der Waals surface area contributed by atoms with E-state index in [9.17, 15) is 0 Å². The molecule has 0 saturated heterocycles. The van der Waals surface area contributed by atoms with Gasteiger partial charge in [0, 0.05) is 42.0 Å². The van der Waals surface area contributed by atoms with Crippen LogP contribution in [0.1, 0.15) is 13.8 Å². The second-order valence-corrected chi connectivity index (χ2v) is 10.2. The molecule has 0 aliphatic rings. The fourth-order valence-electron chi connectivity index (χ4n) is 5.97. The molecule has 0 atom stereocenters. The van der Waals surface area contributed by atoms with E-state index in [2.05, 4.69) is 101 Å². The second kappa shape index (κ2) is 9.83. The van der Waals surface area contributed by atoms with Gasteiger partial charge in [-0.3, -0.25) is 0 Å². The Labute approximate surface area is 237 Å². The molecule has 0 amide bonds. The fraction of sp³-hybridized carbons (Fsp3) is 0.108. The van der Waals surface area contributed by atoms with E-state index in [1.165, 1.54) is 38.7 Å². The Bertz CT molecular complexity index is 2190. The standard InChI is InChI=1S/C19H14N2O2.C16H10.C2H6/c1-21(2)11-7-8-14-15(9-11)23-19-16(14)12-5-3-4-6-13(12)18-17(19)20-10-22-18;1-3-11-7-9-13-5-2-6-14-10-8-12(4-1)15(11)16(13)14;1-2/h3-10H,1-2H3;1-10H;1-2H3. The number of rotatable bonds is 1. The Morgan fingerprint density at radius 2 is 1.15 bits per heavy atom. The molecule has 9 aromatic rings. The van der Waals surface area contributed by atoms with E-state index >= 15 is 0 Å². The molecule has 0 radical (unpaired) electrons. The second-order valence-electron chi connectivity index (χ2n) is 10.2. The number of aromatic nitrogens is 1. The summed E-state index contributed by atoms with van der Waals surface area (Å²) in [5.41, 5.74) is 4.32. The van der Waals surface area contributed by atoms with Gasteiger partial charge in [0.2, 0.25) is 0 Å². The van der Waals surface area contributed by atoms with Crippen molar-refractivity contribution >= 4 is 81.8 Å². The molecule has 0 saturated carbocycles. The normalized spacial score (nSPS) is 11.4. The van der Waals surface area contributed by atoms with Crippen molar-refractivity contribution in [2.75, 3.05) is 19.0 Å². The van der Waals surface area contributed by atoms with Crippen LogP contribution in [0.5, 0.6) is 0 Å². The van der Waals surface area contributed by atoms with E-state index in [0.717, 1.165) is 49.5 Å². The highest BCUT2D eigenvalue weighted by atomic mass is 16.3. The highest BCUT2D eigenvalue weighted by molar-refractivity contribution is 6.28. The molecule has 0 aliphatic heterocycles. The summed E-state index contributed by atoms with van der Waals surface area (Å²) in [6.45, 7) is 4.00. The molecule has 2 aromatic heterocycles. The summed E-state index contributed by atoms with van der Waals surface area (Å²) in [7, 11) is 4.05. The van der Waals surface area contributed by atoms with E-state index in [1.807, 2.05) is 40.1 Å². The van der Waals surface area contributed by atoms with Gasteiger partial charge in [-0.1, -0.05) is 98.8 Å². The van der Waals surface area contributed by atoms with Crippen LogP contribution in [0.25, 0.3) is 76.1 Å². The first-order valence-electron chi connectivity index (χ1n) is 14.1. The van der Waals surface area contributed by atoms with Crippen LogP contribution in [0, 0.1) is 0 Å². The maximum Gasteiger partial charge on any atom is 0.182 e. The molecule has 4 heteroatoms. The first-order chi connectivity index (χ1) is 20.2. The molecule has 7 aromatic carbocycles. The number of furan rings is 1. The molecule has 0 fully saturated rings. The smallest absolute Gasteiger partial charge is 0.182 e. The lowest BCUT2D eigenvalue weighted by molar-refractivity contribution is 0.605. The fourth-order valence-corrected chi connectivity index (χ4v) is 5.97. The van der Waals surface area contributed by atoms with Gasteiger partial charge >= 0.3 is 0 Å². The average molecular weight is 535 g/mol. The summed E-state index contributed by atoms with van der Waals surface area (Å²) in [6.07, 6.45) is 1.48. The summed E-state index contributed by atoms with van der Waals surface area (Å²) < 4.78 is 11.8. The van der Waals surface area contributed by atoms with Gasteiger partial charge < -0.3 is 13.7 Å². The predicted molar refractivity (Wildman–Crippen MR) is 175 cm³/mol. The molecule has 0 unspecified atom stereocenters. The maximum atomic E-state index is 6.17. The molecule has 0 aliphatic carbocycles. The zero-order valence-corrected chi connectivity index (χ0v) is 23.6. The van der Waals surface area contributed by atoms with Crippen LogP contribution < -0.4 is 4.90 Å². The Balaban J connectivity index is 0.000000134. The Morgan fingerprint density at radius 1 is 0.561 bits per heavy atom. The minimum Gasteiger partial charge on any atom is -0.454 e. The predicted octanol–water partition coefficient (Wildman–Crippen LogP) is 10.6. The minimum atomic E-state index is 0.778. The average Bonchev–Trinajstić information content (AvgIpc) is 3.67. The highest BCUT2D eigenvalue weighted by Crippen LogP contribution is 2.41. The first kappa shape index (κ1) is 24.9. The lowest BCUT2D eigenvalue weighted by Crippen LogP contribution is -2.07. The van der Waals surface area contributed by atoms with Crippen molar-refractivity contribution in [1.82, 2.24) is 4.98 Å². The van der Waals surface area contributed by atoms with Crippen molar-refractivity contribution in [1.29, 1.82) is 0 Å². The summed E-state index contributed by atoms with van der Waals surface area (Å²) in [5.74, 6) is 0. The molecular formula is C37H30N2O2. The van der Waals surface area contributed by atoms with Gasteiger partial charge in [-0.25, -0.2) is 4.98 Å². The Morgan fingerprint density at radius 3 is 1.73 bits per heavy atom. The third-order valence-corrected chi connectivity index (χ3v) is 7.81. The van der Waals surface area contributed by atoms with E-state index in [4.69, 9.17) is 8.83 Å². The van der Waals surface area contributed by atoms with Crippen LogP contribution >= 0.6 is 0 Å². The Kier molecular flexibility index (Phi) is 5.97. The van der Waals surface area contributed by atoms with Crippen molar-refractivity contribution in [3.63, 3.8) is 0 Å².